The van der Waals surface area contributed by atoms with E-state index in [2.05, 4.69) is 34.6 Å². The molecule has 2 unspecified atom stereocenters. The van der Waals surface area contributed by atoms with E-state index < -0.39 is 0 Å². The largest absolute Gasteiger partial charge is 0.462 e. The van der Waals surface area contributed by atoms with E-state index in [4.69, 9.17) is 9.72 Å². The maximum atomic E-state index is 12.3. The monoisotopic (exact) mass is 289 g/mol. The van der Waals surface area contributed by atoms with Gasteiger partial charge in [0.25, 0.3) is 0 Å². The first-order valence-corrected chi connectivity index (χ1v) is 7.97. The van der Waals surface area contributed by atoms with Gasteiger partial charge in [0.05, 0.1) is 17.9 Å². The molecular formula is C18H27NO2. The van der Waals surface area contributed by atoms with Crippen LogP contribution in [0.2, 0.25) is 0 Å². The molecule has 1 heterocycles. The number of nitrogens with zero attached hydrogens (tertiary/aromatic N) is 1. The van der Waals surface area contributed by atoms with E-state index in [0.29, 0.717) is 24.0 Å². The summed E-state index contributed by atoms with van der Waals surface area (Å²) in [4.78, 5) is 17.2. The summed E-state index contributed by atoms with van der Waals surface area (Å²) >= 11 is 0. The summed E-state index contributed by atoms with van der Waals surface area (Å²) in [7, 11) is 0. The van der Waals surface area contributed by atoms with Crippen LogP contribution < -0.4 is 0 Å². The average Bonchev–Trinajstić information content (AvgIpc) is 2.41. The van der Waals surface area contributed by atoms with Crippen LogP contribution in [0, 0.1) is 5.92 Å². The van der Waals surface area contributed by atoms with Crippen LogP contribution in [-0.4, -0.2) is 17.6 Å². The van der Waals surface area contributed by atoms with Crippen molar-refractivity contribution in [3.8, 4) is 0 Å². The molecule has 0 aromatic carbocycles. The van der Waals surface area contributed by atoms with Crippen molar-refractivity contribution in [1.29, 1.82) is 0 Å². The Balaban J connectivity index is 2.58. The first-order valence-electron chi connectivity index (χ1n) is 7.97. The summed E-state index contributed by atoms with van der Waals surface area (Å²) in [6.07, 6.45) is 2.16. The van der Waals surface area contributed by atoms with Crippen LogP contribution in [0.3, 0.4) is 0 Å². The zero-order chi connectivity index (χ0) is 15.8. The molecule has 0 saturated heterocycles. The molecule has 0 spiro atoms. The highest BCUT2D eigenvalue weighted by atomic mass is 16.5. The number of rotatable bonds is 2. The van der Waals surface area contributed by atoms with Gasteiger partial charge < -0.3 is 4.74 Å². The van der Waals surface area contributed by atoms with E-state index in [-0.39, 0.29) is 11.4 Å². The minimum atomic E-state index is -0.246. The van der Waals surface area contributed by atoms with E-state index in [0.717, 1.165) is 18.5 Å². The molecule has 0 fully saturated rings. The van der Waals surface area contributed by atoms with Crippen molar-refractivity contribution in [2.75, 3.05) is 6.61 Å². The van der Waals surface area contributed by atoms with Gasteiger partial charge in [-0.15, -0.1) is 0 Å². The van der Waals surface area contributed by atoms with Crippen molar-refractivity contribution < 1.29 is 9.53 Å². The predicted octanol–water partition coefficient (Wildman–Crippen LogP) is 4.24. The third-order valence-electron chi connectivity index (χ3n) is 4.49. The van der Waals surface area contributed by atoms with E-state index in [1.807, 2.05) is 13.0 Å². The maximum absolute atomic E-state index is 12.3. The van der Waals surface area contributed by atoms with Crippen LogP contribution in [0.4, 0.5) is 0 Å². The standard InChI is InChI=1S/C18H27NO2/c1-7-21-17(20)14-10-13-9-8-11(2)12(3)15(13)19-16(14)18(4,5)6/h10-12H,7-9H2,1-6H3. The zero-order valence-electron chi connectivity index (χ0n) is 14.1. The Labute approximate surface area is 128 Å². The molecule has 0 N–H and O–H groups in total. The molecule has 21 heavy (non-hydrogen) atoms. The van der Waals surface area contributed by atoms with Crippen molar-refractivity contribution in [2.24, 2.45) is 5.92 Å². The Morgan fingerprint density at radius 3 is 2.62 bits per heavy atom. The van der Waals surface area contributed by atoms with Crippen LogP contribution in [0.1, 0.15) is 81.2 Å². The zero-order valence-corrected chi connectivity index (χ0v) is 14.1. The van der Waals surface area contributed by atoms with Gasteiger partial charge in [-0.2, -0.15) is 0 Å². The van der Waals surface area contributed by atoms with Gasteiger partial charge in [0.2, 0.25) is 0 Å². The van der Waals surface area contributed by atoms with E-state index >= 15 is 0 Å². The quantitative estimate of drug-likeness (QED) is 0.764. The highest BCUT2D eigenvalue weighted by molar-refractivity contribution is 5.91. The molecule has 1 aromatic rings. The molecule has 0 bridgehead atoms. The third kappa shape index (κ3) is 3.12. The molecule has 2 rings (SSSR count). The number of aryl methyl sites for hydroxylation is 1. The van der Waals surface area contributed by atoms with Crippen LogP contribution in [0.5, 0.6) is 0 Å². The lowest BCUT2D eigenvalue weighted by atomic mass is 9.78. The Morgan fingerprint density at radius 1 is 1.38 bits per heavy atom. The van der Waals surface area contributed by atoms with Crippen molar-refractivity contribution in [3.05, 3.63) is 28.6 Å². The molecular weight excluding hydrogens is 262 g/mol. The molecule has 1 aliphatic rings. The van der Waals surface area contributed by atoms with Crippen molar-refractivity contribution in [1.82, 2.24) is 4.98 Å². The fraction of sp³-hybridized carbons (Fsp3) is 0.667. The Hall–Kier alpha value is -1.38. The Morgan fingerprint density at radius 2 is 2.05 bits per heavy atom. The molecule has 0 radical (unpaired) electrons. The summed E-state index contributed by atoms with van der Waals surface area (Å²) in [6.45, 7) is 13.1. The number of ether oxygens (including phenoxy) is 1. The molecule has 3 heteroatoms. The maximum Gasteiger partial charge on any atom is 0.340 e. The van der Waals surface area contributed by atoms with Gasteiger partial charge in [-0.25, -0.2) is 4.79 Å². The van der Waals surface area contributed by atoms with E-state index in [1.54, 1.807) is 0 Å². The Bertz CT molecular complexity index is 543. The number of hydrogen-bond acceptors (Lipinski definition) is 3. The molecule has 2 atom stereocenters. The van der Waals surface area contributed by atoms with Gasteiger partial charge in [0.15, 0.2) is 0 Å². The second-order valence-corrected chi connectivity index (χ2v) is 7.20. The number of carbonyl (C=O) groups is 1. The molecule has 1 aliphatic carbocycles. The van der Waals surface area contributed by atoms with Gasteiger partial charge >= 0.3 is 5.97 Å². The van der Waals surface area contributed by atoms with Crippen LogP contribution in [0.25, 0.3) is 0 Å². The minimum absolute atomic E-state index is 0.169. The summed E-state index contributed by atoms with van der Waals surface area (Å²) in [6, 6.07) is 2.03. The van der Waals surface area contributed by atoms with Crippen LogP contribution in [0.15, 0.2) is 6.07 Å². The smallest absolute Gasteiger partial charge is 0.340 e. The highest BCUT2D eigenvalue weighted by Crippen LogP contribution is 2.37. The first-order chi connectivity index (χ1) is 9.75. The fourth-order valence-electron chi connectivity index (χ4n) is 3.00. The summed E-state index contributed by atoms with van der Waals surface area (Å²) in [5.41, 5.74) is 3.73. The fourth-order valence-corrected chi connectivity index (χ4v) is 3.00. The number of hydrogen-bond donors (Lipinski definition) is 0. The SMILES string of the molecule is CCOC(=O)c1cc2c(nc1C(C)(C)C)C(C)C(C)CC2. The predicted molar refractivity (Wildman–Crippen MR) is 84.8 cm³/mol. The third-order valence-corrected chi connectivity index (χ3v) is 4.49. The Kier molecular flexibility index (Phi) is 4.40. The molecule has 0 amide bonds. The van der Waals surface area contributed by atoms with E-state index in [1.165, 1.54) is 11.3 Å². The van der Waals surface area contributed by atoms with Gasteiger partial charge in [0, 0.05) is 17.0 Å². The van der Waals surface area contributed by atoms with Gasteiger partial charge in [-0.05, 0) is 37.3 Å². The number of carbonyl (C=O) groups excluding carboxylic acids is 1. The highest BCUT2D eigenvalue weighted by Gasteiger charge is 2.31. The summed E-state index contributed by atoms with van der Waals surface area (Å²) < 4.78 is 5.22. The molecule has 0 aliphatic heterocycles. The topological polar surface area (TPSA) is 39.2 Å². The number of aromatic nitrogens is 1. The average molecular weight is 289 g/mol. The number of pyridine rings is 1. The van der Waals surface area contributed by atoms with Crippen molar-refractivity contribution in [2.45, 2.75) is 65.7 Å². The van der Waals surface area contributed by atoms with Crippen LogP contribution >= 0.6 is 0 Å². The van der Waals surface area contributed by atoms with Crippen molar-refractivity contribution >= 4 is 5.97 Å². The minimum Gasteiger partial charge on any atom is -0.462 e. The lowest BCUT2D eigenvalue weighted by molar-refractivity contribution is 0.0522. The summed E-state index contributed by atoms with van der Waals surface area (Å²) in [5.74, 6) is 0.848. The molecule has 1 aromatic heterocycles. The number of esters is 1. The molecule has 116 valence electrons. The second-order valence-electron chi connectivity index (χ2n) is 7.20. The lowest BCUT2D eigenvalue weighted by Gasteiger charge is -2.31. The lowest BCUT2D eigenvalue weighted by Crippen LogP contribution is -2.25. The molecule has 0 saturated carbocycles. The van der Waals surface area contributed by atoms with Crippen molar-refractivity contribution in [3.63, 3.8) is 0 Å². The second kappa shape index (κ2) is 5.78. The van der Waals surface area contributed by atoms with Gasteiger partial charge in [-0.1, -0.05) is 34.6 Å². The van der Waals surface area contributed by atoms with Gasteiger partial charge in [-0.3, -0.25) is 4.98 Å². The van der Waals surface area contributed by atoms with Crippen LogP contribution in [-0.2, 0) is 16.6 Å². The normalized spacial score (nSPS) is 21.8. The van der Waals surface area contributed by atoms with E-state index in [9.17, 15) is 4.79 Å². The molecule has 3 nitrogen and oxygen atoms in total. The number of fused-ring (bicyclic) bond motifs is 1. The van der Waals surface area contributed by atoms with Gasteiger partial charge in [0.1, 0.15) is 0 Å². The summed E-state index contributed by atoms with van der Waals surface area (Å²) in [5, 5.41) is 0. The first kappa shape index (κ1) is 16.0.